The largest absolute Gasteiger partial charge is 0.474 e. The number of piperidine rings is 3. The molecule has 0 aliphatic carbocycles. The molecule has 3 fully saturated rings. The van der Waals surface area contributed by atoms with Gasteiger partial charge in [-0.05, 0) is 129 Å². The number of rotatable bonds is 10. The molecule has 11 nitrogen and oxygen atoms in total. The number of nitrogens with one attached hydrogen (secondary N) is 3. The van der Waals surface area contributed by atoms with Crippen LogP contribution in [0.15, 0.2) is 79.1 Å². The number of hydrogen-bond acceptors (Lipinski definition) is 10. The lowest BCUT2D eigenvalue weighted by molar-refractivity contribution is -0.134. The minimum absolute atomic E-state index is 0.161. The van der Waals surface area contributed by atoms with E-state index < -0.39 is 0 Å². The summed E-state index contributed by atoms with van der Waals surface area (Å²) in [5, 5.41) is 10.3. The van der Waals surface area contributed by atoms with Gasteiger partial charge >= 0.3 is 0 Å². The summed E-state index contributed by atoms with van der Waals surface area (Å²) in [5.41, 5.74) is 9.84. The first-order chi connectivity index (χ1) is 27.9. The number of aromatic nitrogens is 3. The molecule has 0 spiro atoms. The number of amides is 2. The fraction of sp³-hybridized carbons (Fsp3) is 0.413. The van der Waals surface area contributed by atoms with Crippen LogP contribution in [0, 0.1) is 12.8 Å². The van der Waals surface area contributed by atoms with Crippen LogP contribution in [0.2, 0.25) is 0 Å². The van der Waals surface area contributed by atoms with Crippen molar-refractivity contribution in [3.8, 4) is 17.0 Å². The second-order valence-corrected chi connectivity index (χ2v) is 16.3. The minimum atomic E-state index is -0.212. The summed E-state index contributed by atoms with van der Waals surface area (Å²) in [6, 6.07) is 23.7. The normalized spacial score (nSPS) is 19.8. The molecule has 3 N–H and O–H groups in total. The summed E-state index contributed by atoms with van der Waals surface area (Å²) in [6.07, 6.45) is 10.7. The number of carbonyl (C=O) groups is 2. The summed E-state index contributed by atoms with van der Waals surface area (Å²) >= 11 is 0. The molecule has 6 heterocycles. The van der Waals surface area contributed by atoms with E-state index in [0.29, 0.717) is 43.1 Å². The van der Waals surface area contributed by atoms with Gasteiger partial charge in [-0.25, -0.2) is 15.0 Å². The molecular weight excluding hydrogens is 713 g/mol. The van der Waals surface area contributed by atoms with Gasteiger partial charge in [-0.15, -0.1) is 0 Å². The maximum Gasteiger partial charge on any atom is 0.237 e. The molecule has 3 aromatic carbocycles. The van der Waals surface area contributed by atoms with Crippen molar-refractivity contribution in [2.45, 2.75) is 63.7 Å². The molecule has 4 aliphatic rings. The van der Waals surface area contributed by atoms with Crippen LogP contribution in [0.3, 0.4) is 0 Å². The maximum atomic E-state index is 12.3. The zero-order valence-corrected chi connectivity index (χ0v) is 32.8. The fourth-order valence-electron chi connectivity index (χ4n) is 9.15. The van der Waals surface area contributed by atoms with Gasteiger partial charge < -0.3 is 25.2 Å². The summed E-state index contributed by atoms with van der Waals surface area (Å²) in [7, 11) is 0. The molecule has 1 unspecified atom stereocenters. The zero-order chi connectivity index (χ0) is 38.7. The monoisotopic (exact) mass is 764 g/mol. The lowest BCUT2D eigenvalue weighted by Crippen LogP contribution is -2.42. The van der Waals surface area contributed by atoms with Crippen molar-refractivity contribution in [3.05, 3.63) is 101 Å². The van der Waals surface area contributed by atoms with Crippen molar-refractivity contribution in [2.75, 3.05) is 63.1 Å². The van der Waals surface area contributed by atoms with E-state index in [2.05, 4.69) is 109 Å². The molecule has 57 heavy (non-hydrogen) atoms. The first kappa shape index (κ1) is 37.2. The van der Waals surface area contributed by atoms with E-state index in [4.69, 9.17) is 9.72 Å². The van der Waals surface area contributed by atoms with Gasteiger partial charge in [0.2, 0.25) is 23.6 Å². The highest BCUT2D eigenvalue weighted by atomic mass is 16.5. The molecule has 0 radical (unpaired) electrons. The van der Waals surface area contributed by atoms with E-state index in [1.807, 2.05) is 12.4 Å². The predicted molar refractivity (Wildman–Crippen MR) is 224 cm³/mol. The molecule has 3 saturated heterocycles. The summed E-state index contributed by atoms with van der Waals surface area (Å²) in [5.74, 6) is 2.00. The van der Waals surface area contributed by atoms with E-state index in [9.17, 15) is 9.59 Å². The molecule has 11 heteroatoms. The Morgan fingerprint density at radius 1 is 0.825 bits per heavy atom. The van der Waals surface area contributed by atoms with E-state index >= 15 is 0 Å². The maximum absolute atomic E-state index is 12.3. The standard InChI is InChI=1S/C46H52N8O3/c1-30-40(29-48-45-43(30)47-18-25-57-45)36-8-9-37-28-49-46(51-41(37)27-36)50-38-10-2-31(3-11-38)26-32-14-19-53(20-15-32)23-24-54-21-16-34(17-22-54)33-4-6-35(7-5-33)39-12-13-42(55)52-44(39)56/h2-11,27-29,32,34,39,47H,12-26H2,1H3,(H,49,50,51)(H,52,55,56). The fourth-order valence-corrected chi connectivity index (χ4v) is 9.15. The van der Waals surface area contributed by atoms with E-state index in [1.54, 1.807) is 0 Å². The van der Waals surface area contributed by atoms with Gasteiger partial charge in [0.25, 0.3) is 0 Å². The van der Waals surface area contributed by atoms with Crippen LogP contribution >= 0.6 is 0 Å². The van der Waals surface area contributed by atoms with Gasteiger partial charge in [-0.1, -0.05) is 48.5 Å². The number of benzene rings is 3. The molecule has 2 aromatic heterocycles. The van der Waals surface area contributed by atoms with Crippen LogP contribution < -0.4 is 20.7 Å². The number of fused-ring (bicyclic) bond motifs is 2. The van der Waals surface area contributed by atoms with Crippen molar-refractivity contribution in [1.29, 1.82) is 0 Å². The first-order valence-electron chi connectivity index (χ1n) is 20.8. The van der Waals surface area contributed by atoms with Gasteiger partial charge in [0.15, 0.2) is 0 Å². The molecule has 5 aromatic rings. The summed E-state index contributed by atoms with van der Waals surface area (Å²) < 4.78 is 5.72. The van der Waals surface area contributed by atoms with Gasteiger partial charge in [0.1, 0.15) is 12.3 Å². The van der Waals surface area contributed by atoms with Gasteiger partial charge in [0.05, 0.1) is 11.4 Å². The van der Waals surface area contributed by atoms with Crippen LogP contribution in [-0.2, 0) is 16.0 Å². The Hall–Kier alpha value is -5.39. The number of pyridine rings is 1. The first-order valence-corrected chi connectivity index (χ1v) is 20.8. The van der Waals surface area contributed by atoms with Crippen LogP contribution in [-0.4, -0.2) is 89.0 Å². The highest BCUT2D eigenvalue weighted by molar-refractivity contribution is 6.01. The number of carbonyl (C=O) groups excluding carboxylic acids is 2. The molecule has 0 saturated carbocycles. The summed E-state index contributed by atoms with van der Waals surface area (Å²) in [4.78, 5) is 43.1. The molecule has 2 amide bonds. The van der Waals surface area contributed by atoms with Gasteiger partial charge in [-0.3, -0.25) is 14.9 Å². The van der Waals surface area contributed by atoms with Crippen LogP contribution in [0.4, 0.5) is 17.3 Å². The Kier molecular flexibility index (Phi) is 10.8. The van der Waals surface area contributed by atoms with Crippen LogP contribution in [0.5, 0.6) is 5.88 Å². The van der Waals surface area contributed by atoms with Crippen LogP contribution in [0.25, 0.3) is 22.0 Å². The topological polar surface area (TPSA) is 125 Å². The number of hydrogen-bond donors (Lipinski definition) is 3. The van der Waals surface area contributed by atoms with Gasteiger partial charge in [-0.2, -0.15) is 0 Å². The van der Waals surface area contributed by atoms with Crippen molar-refractivity contribution < 1.29 is 14.3 Å². The number of imide groups is 1. The quantitative estimate of drug-likeness (QED) is 0.126. The zero-order valence-electron chi connectivity index (χ0n) is 32.8. The highest BCUT2D eigenvalue weighted by Crippen LogP contribution is 2.36. The number of likely N-dealkylation sites (tertiary alicyclic amines) is 2. The molecule has 294 valence electrons. The third-order valence-electron chi connectivity index (χ3n) is 12.7. The average Bonchev–Trinajstić information content (AvgIpc) is 3.24. The SMILES string of the molecule is Cc1c(-c2ccc3cnc(Nc4ccc(CC5CCN(CCN6CCC(c7ccc(C8CCC(=O)NC8=O)cc7)CC6)CC5)cc4)nc3c2)cnc2c1NCCO2. The third-order valence-corrected chi connectivity index (χ3v) is 12.7. The van der Waals surface area contributed by atoms with Crippen molar-refractivity contribution in [3.63, 3.8) is 0 Å². The average molecular weight is 765 g/mol. The Morgan fingerprint density at radius 3 is 2.32 bits per heavy atom. The molecular formula is C46H52N8O3. The van der Waals surface area contributed by atoms with Crippen molar-refractivity contribution in [2.24, 2.45) is 5.92 Å². The third kappa shape index (κ3) is 8.50. The molecule has 9 rings (SSSR count). The van der Waals surface area contributed by atoms with E-state index in [-0.39, 0.29) is 17.7 Å². The Bertz CT molecular complexity index is 2230. The van der Waals surface area contributed by atoms with E-state index in [0.717, 1.165) is 83.7 Å². The highest BCUT2D eigenvalue weighted by Gasteiger charge is 2.29. The minimum Gasteiger partial charge on any atom is -0.474 e. The summed E-state index contributed by atoms with van der Waals surface area (Å²) in [6.45, 7) is 10.4. The Balaban J connectivity index is 0.711. The lowest BCUT2D eigenvalue weighted by Gasteiger charge is -2.36. The van der Waals surface area contributed by atoms with Crippen LogP contribution in [0.1, 0.15) is 72.6 Å². The van der Waals surface area contributed by atoms with Crippen molar-refractivity contribution in [1.82, 2.24) is 30.1 Å². The molecule has 1 atom stereocenters. The number of ether oxygens (including phenoxy) is 1. The van der Waals surface area contributed by atoms with E-state index in [1.165, 1.54) is 49.9 Å². The molecule has 0 bridgehead atoms. The second-order valence-electron chi connectivity index (χ2n) is 16.3. The predicted octanol–water partition coefficient (Wildman–Crippen LogP) is 7.20. The Labute approximate surface area is 334 Å². The smallest absolute Gasteiger partial charge is 0.237 e. The number of nitrogens with zero attached hydrogens (tertiary/aromatic N) is 5. The lowest BCUT2D eigenvalue weighted by atomic mass is 9.86. The van der Waals surface area contributed by atoms with Crippen molar-refractivity contribution >= 4 is 40.0 Å². The van der Waals surface area contributed by atoms with Gasteiger partial charge in [0, 0.05) is 55.1 Å². The Morgan fingerprint density at radius 2 is 1.56 bits per heavy atom. The number of anilines is 3. The second kappa shape index (κ2) is 16.6. The molecule has 4 aliphatic heterocycles.